The van der Waals surface area contributed by atoms with Gasteiger partial charge in [-0.05, 0) is 48.6 Å². The predicted octanol–water partition coefficient (Wildman–Crippen LogP) is 4.97. The minimum atomic E-state index is 0. The van der Waals surface area contributed by atoms with Crippen LogP contribution in [0.5, 0.6) is 5.75 Å². The number of ether oxygens (including phenoxy) is 1. The van der Waals surface area contributed by atoms with Crippen LogP contribution in [0.25, 0.3) is 0 Å². The van der Waals surface area contributed by atoms with E-state index in [1.54, 1.807) is 7.11 Å². The molecule has 2 aliphatic heterocycles. The zero-order valence-electron chi connectivity index (χ0n) is 18.1. The van der Waals surface area contributed by atoms with Crippen LogP contribution in [0, 0.1) is 5.92 Å². The Balaban J connectivity index is 0.00000128. The minimum Gasteiger partial charge on any atom is -0.496 e. The van der Waals surface area contributed by atoms with Crippen LogP contribution in [0.3, 0.4) is 0 Å². The van der Waals surface area contributed by atoms with Gasteiger partial charge in [0.05, 0.1) is 7.11 Å². The number of halogens is 4. The molecular weight excluding hydrogens is 581 g/mol. The molecule has 2 aromatic rings. The van der Waals surface area contributed by atoms with E-state index in [0.29, 0.717) is 18.0 Å². The van der Waals surface area contributed by atoms with Crippen LogP contribution < -0.4 is 20.3 Å². The topological polar surface area (TPSA) is 53.6 Å². The van der Waals surface area contributed by atoms with Gasteiger partial charge in [-0.2, -0.15) is 0 Å². The second kappa shape index (κ2) is 12.0. The number of benzene rings is 2. The predicted molar refractivity (Wildman–Crippen MR) is 145 cm³/mol. The van der Waals surface area contributed by atoms with Gasteiger partial charge >= 0.3 is 0 Å². The molecule has 2 N–H and O–H groups in total. The molecule has 0 bridgehead atoms. The molecule has 2 unspecified atom stereocenters. The molecule has 4 atom stereocenters. The first-order chi connectivity index (χ1) is 13.7. The van der Waals surface area contributed by atoms with Gasteiger partial charge < -0.3 is 20.3 Å². The summed E-state index contributed by atoms with van der Waals surface area (Å²) >= 11 is 0. The van der Waals surface area contributed by atoms with Crippen molar-refractivity contribution in [2.24, 2.45) is 5.92 Å². The Morgan fingerprint density at radius 3 is 2.53 bits per heavy atom. The highest BCUT2D eigenvalue weighted by atomic mass is 79.9. The van der Waals surface area contributed by atoms with E-state index in [0.717, 1.165) is 42.9 Å². The van der Waals surface area contributed by atoms with Crippen molar-refractivity contribution in [2.45, 2.75) is 37.4 Å². The minimum absolute atomic E-state index is 0. The molecule has 1 amide bonds. The third kappa shape index (κ3) is 5.29. The van der Waals surface area contributed by atoms with Crippen molar-refractivity contribution in [3.63, 3.8) is 0 Å². The first-order valence-electron chi connectivity index (χ1n) is 10.2. The summed E-state index contributed by atoms with van der Waals surface area (Å²) in [5.41, 5.74) is 4.74. The fourth-order valence-corrected chi connectivity index (χ4v) is 4.90. The maximum atomic E-state index is 12.4. The number of carbonyl (C=O) groups is 1. The van der Waals surface area contributed by atoms with Crippen molar-refractivity contribution in [2.75, 3.05) is 25.6 Å². The number of rotatable bonds is 5. The normalized spacial score (nSPS) is 24.6. The third-order valence-electron chi connectivity index (χ3n) is 6.56. The number of nitrogens with zero attached hydrogens (tertiary/aromatic N) is 1. The zero-order chi connectivity index (χ0) is 19.3. The van der Waals surface area contributed by atoms with Crippen molar-refractivity contribution in [1.82, 2.24) is 10.6 Å². The molecule has 2 aromatic carbocycles. The van der Waals surface area contributed by atoms with Gasteiger partial charge in [0, 0.05) is 42.8 Å². The van der Waals surface area contributed by atoms with Crippen molar-refractivity contribution >= 4 is 70.4 Å². The summed E-state index contributed by atoms with van der Waals surface area (Å²) in [6.07, 6.45) is 2.07. The monoisotopic (exact) mass is 609 g/mol. The Morgan fingerprint density at radius 1 is 1.12 bits per heavy atom. The largest absolute Gasteiger partial charge is 0.496 e. The van der Waals surface area contributed by atoms with Gasteiger partial charge in [-0.15, -0.1) is 58.8 Å². The number of hydrogen-bond donors (Lipinski definition) is 2. The molecule has 0 radical (unpaired) electrons. The molecule has 5 rings (SSSR count). The summed E-state index contributed by atoms with van der Waals surface area (Å²) in [7, 11) is 3.63. The number of carbonyl (C=O) groups excluding carboxylic acids is 1. The van der Waals surface area contributed by atoms with Crippen LogP contribution in [0.4, 0.5) is 5.69 Å². The third-order valence-corrected chi connectivity index (χ3v) is 6.56. The Kier molecular flexibility index (Phi) is 11.0. The average molecular weight is 612 g/mol. The number of amides is 1. The van der Waals surface area contributed by atoms with Crippen LogP contribution >= 0.6 is 58.8 Å². The standard InChI is InChI=1S/C23H27N3O2.2BrH.2ClH/c1-26-20-10-15(21(28-2)12-17(20)16-11-18(16)23(26)27)13-25-19-8-9-24-22(19)14-6-4-3-5-7-14;;;;/h3-7,10,12,16,18-19,22,24-25H,8-9,11,13H2,1-2H3;4*1H/t16-,18-,19?,22?;;;;/m1..../s1. The summed E-state index contributed by atoms with van der Waals surface area (Å²) in [5, 5.41) is 7.35. The highest BCUT2D eigenvalue weighted by Crippen LogP contribution is 2.56. The summed E-state index contributed by atoms with van der Waals surface area (Å²) in [4.78, 5) is 14.3. The summed E-state index contributed by atoms with van der Waals surface area (Å²) in [6.45, 7) is 1.74. The summed E-state index contributed by atoms with van der Waals surface area (Å²) < 4.78 is 5.71. The Labute approximate surface area is 223 Å². The number of anilines is 1. The first-order valence-corrected chi connectivity index (χ1v) is 10.2. The van der Waals surface area contributed by atoms with Crippen LogP contribution in [0.1, 0.15) is 41.5 Å². The average Bonchev–Trinajstić information content (AvgIpc) is 3.40. The van der Waals surface area contributed by atoms with Gasteiger partial charge in [0.25, 0.3) is 0 Å². The van der Waals surface area contributed by atoms with Gasteiger partial charge in [0.15, 0.2) is 0 Å². The highest BCUT2D eigenvalue weighted by Gasteiger charge is 2.50. The number of methoxy groups -OCH3 is 1. The zero-order valence-corrected chi connectivity index (χ0v) is 23.1. The number of nitrogens with one attached hydrogen (secondary N) is 2. The number of hydrogen-bond acceptors (Lipinski definition) is 4. The van der Waals surface area contributed by atoms with Crippen LogP contribution in [-0.2, 0) is 11.3 Å². The van der Waals surface area contributed by atoms with Gasteiger partial charge in [-0.1, -0.05) is 30.3 Å². The van der Waals surface area contributed by atoms with Crippen LogP contribution in [-0.4, -0.2) is 32.7 Å². The fraction of sp³-hybridized carbons (Fsp3) is 0.435. The van der Waals surface area contributed by atoms with E-state index >= 15 is 0 Å². The second-order valence-electron chi connectivity index (χ2n) is 8.19. The maximum absolute atomic E-state index is 12.4. The lowest BCUT2D eigenvalue weighted by molar-refractivity contribution is -0.119. The van der Waals surface area contributed by atoms with E-state index in [-0.39, 0.29) is 70.6 Å². The highest BCUT2D eigenvalue weighted by molar-refractivity contribution is 8.93. The maximum Gasteiger partial charge on any atom is 0.230 e. The molecule has 1 saturated heterocycles. The Morgan fingerprint density at radius 2 is 1.84 bits per heavy atom. The van der Waals surface area contributed by atoms with Crippen LogP contribution in [0.2, 0.25) is 0 Å². The van der Waals surface area contributed by atoms with E-state index in [4.69, 9.17) is 4.74 Å². The Bertz CT molecular complexity index is 920. The van der Waals surface area contributed by atoms with E-state index in [1.807, 2.05) is 11.9 Å². The molecular formula is C23H31Br2Cl2N3O2. The molecule has 0 aromatic heterocycles. The van der Waals surface area contributed by atoms with Gasteiger partial charge in [0.1, 0.15) is 5.75 Å². The lowest BCUT2D eigenvalue weighted by Crippen LogP contribution is -2.34. The van der Waals surface area contributed by atoms with Crippen molar-refractivity contribution in [3.05, 3.63) is 59.2 Å². The molecule has 5 nitrogen and oxygen atoms in total. The summed E-state index contributed by atoms with van der Waals surface area (Å²) in [5.74, 6) is 1.74. The summed E-state index contributed by atoms with van der Waals surface area (Å²) in [6, 6.07) is 15.6. The molecule has 32 heavy (non-hydrogen) atoms. The van der Waals surface area contributed by atoms with E-state index in [9.17, 15) is 4.79 Å². The molecule has 2 heterocycles. The lowest BCUT2D eigenvalue weighted by atomic mass is 9.97. The molecule has 3 aliphatic rings. The van der Waals surface area contributed by atoms with Gasteiger partial charge in [-0.3, -0.25) is 4.79 Å². The smallest absolute Gasteiger partial charge is 0.230 e. The fourth-order valence-electron chi connectivity index (χ4n) is 4.90. The number of fused-ring (bicyclic) bond motifs is 3. The van der Waals surface area contributed by atoms with Crippen molar-refractivity contribution in [3.8, 4) is 5.75 Å². The molecule has 9 heteroatoms. The van der Waals surface area contributed by atoms with E-state index in [2.05, 4.69) is 53.1 Å². The lowest BCUT2D eigenvalue weighted by Gasteiger charge is -2.27. The molecule has 178 valence electrons. The SMILES string of the molecule is Br.Br.COc1cc2c(cc1CNC1CCNC1c1ccccc1)N(C)C(=O)[C@@H]1C[C@H]21.Cl.Cl. The van der Waals surface area contributed by atoms with E-state index < -0.39 is 0 Å². The first kappa shape index (κ1) is 29.2. The van der Waals surface area contributed by atoms with Gasteiger partial charge in [0.2, 0.25) is 5.91 Å². The molecule has 1 saturated carbocycles. The molecule has 1 aliphatic carbocycles. The van der Waals surface area contributed by atoms with Crippen molar-refractivity contribution < 1.29 is 9.53 Å². The molecule has 0 spiro atoms. The second-order valence-corrected chi connectivity index (χ2v) is 8.19. The van der Waals surface area contributed by atoms with Gasteiger partial charge in [-0.25, -0.2) is 0 Å². The Hall–Kier alpha value is -0.830. The molecule has 2 fully saturated rings. The quantitative estimate of drug-likeness (QED) is 0.502. The van der Waals surface area contributed by atoms with Crippen molar-refractivity contribution in [1.29, 1.82) is 0 Å². The van der Waals surface area contributed by atoms with Crippen LogP contribution in [0.15, 0.2) is 42.5 Å². The van der Waals surface area contributed by atoms with E-state index in [1.165, 1.54) is 11.1 Å².